The molecule has 1 aromatic rings. The number of amides is 1. The predicted octanol–water partition coefficient (Wildman–Crippen LogP) is 2.78. The Hall–Kier alpha value is -1.42. The first-order valence-electron chi connectivity index (χ1n) is 8.21. The summed E-state index contributed by atoms with van der Waals surface area (Å²) in [6.07, 6.45) is 7.24. The zero-order valence-electron chi connectivity index (χ0n) is 13.7. The lowest BCUT2D eigenvalue weighted by atomic mass is 9.59. The van der Waals surface area contributed by atoms with Crippen molar-refractivity contribution in [2.75, 3.05) is 6.54 Å². The second kappa shape index (κ2) is 5.05. The van der Waals surface area contributed by atoms with Crippen LogP contribution in [0, 0.1) is 16.7 Å². The van der Waals surface area contributed by atoms with Crippen molar-refractivity contribution in [3.63, 3.8) is 0 Å². The summed E-state index contributed by atoms with van der Waals surface area (Å²) in [7, 11) is 0. The van der Waals surface area contributed by atoms with Crippen LogP contribution in [0.1, 0.15) is 56.8 Å². The Balaban J connectivity index is 1.65. The molecule has 0 saturated heterocycles. The molecule has 120 valence electrons. The van der Waals surface area contributed by atoms with Gasteiger partial charge in [-0.25, -0.2) is 0 Å². The van der Waals surface area contributed by atoms with E-state index in [4.69, 9.17) is 0 Å². The highest BCUT2D eigenvalue weighted by Crippen LogP contribution is 2.68. The first kappa shape index (κ1) is 15.5. The molecule has 0 aliphatic heterocycles. The molecule has 1 heterocycles. The summed E-state index contributed by atoms with van der Waals surface area (Å²) in [6, 6.07) is 3.50. The number of hydrogen-bond donors (Lipinski definition) is 2. The molecule has 4 heteroatoms. The maximum Gasteiger partial charge on any atom is 0.252 e. The standard InChI is InChI=1S/C18H26N2O2/c1-16(2)14-6-7-17(3,11-14)18(16,22)8-10-20-15(21)13-5-4-9-19-12-13/h4-5,9,12,14,22H,6-8,10-11H2,1-3H3,(H,20,21)/t14-,17+,18-/m0/s1. The highest BCUT2D eigenvalue weighted by atomic mass is 16.3. The summed E-state index contributed by atoms with van der Waals surface area (Å²) in [5.41, 5.74) is -0.238. The Bertz CT molecular complexity index is 565. The van der Waals surface area contributed by atoms with Crippen LogP contribution in [0.15, 0.2) is 24.5 Å². The van der Waals surface area contributed by atoms with Crippen LogP contribution in [0.3, 0.4) is 0 Å². The number of fused-ring (bicyclic) bond motifs is 2. The summed E-state index contributed by atoms with van der Waals surface area (Å²) in [5.74, 6) is 0.472. The van der Waals surface area contributed by atoms with Crippen LogP contribution >= 0.6 is 0 Å². The molecule has 2 aliphatic carbocycles. The molecule has 0 aromatic carbocycles. The maximum atomic E-state index is 12.1. The average molecular weight is 302 g/mol. The molecule has 0 spiro atoms. The van der Waals surface area contributed by atoms with Gasteiger partial charge in [0.05, 0.1) is 11.2 Å². The largest absolute Gasteiger partial charge is 0.389 e. The lowest BCUT2D eigenvalue weighted by molar-refractivity contribution is -0.146. The number of aromatic nitrogens is 1. The van der Waals surface area contributed by atoms with Crippen molar-refractivity contribution < 1.29 is 9.90 Å². The molecule has 1 aromatic heterocycles. The lowest BCUT2D eigenvalue weighted by Gasteiger charge is -2.51. The molecule has 2 fully saturated rings. The van der Waals surface area contributed by atoms with E-state index in [1.54, 1.807) is 24.5 Å². The number of hydrogen-bond acceptors (Lipinski definition) is 3. The fourth-order valence-electron chi connectivity index (χ4n) is 4.93. The van der Waals surface area contributed by atoms with E-state index >= 15 is 0 Å². The van der Waals surface area contributed by atoms with Crippen molar-refractivity contribution in [3.8, 4) is 0 Å². The van der Waals surface area contributed by atoms with E-state index in [-0.39, 0.29) is 16.7 Å². The summed E-state index contributed by atoms with van der Waals surface area (Å²) in [4.78, 5) is 16.1. The van der Waals surface area contributed by atoms with Gasteiger partial charge < -0.3 is 10.4 Å². The fraction of sp³-hybridized carbons (Fsp3) is 0.667. The monoisotopic (exact) mass is 302 g/mol. The van der Waals surface area contributed by atoms with Crippen LogP contribution in [-0.4, -0.2) is 28.1 Å². The van der Waals surface area contributed by atoms with Crippen molar-refractivity contribution in [1.29, 1.82) is 0 Å². The molecule has 3 atom stereocenters. The highest BCUT2D eigenvalue weighted by Gasteiger charge is 2.67. The SMILES string of the molecule is CC1(C)[C@H]2CC[C@](C)(C2)[C@]1(O)CCNC(=O)c1cccnc1. The molecule has 2 N–H and O–H groups in total. The van der Waals surface area contributed by atoms with Crippen LogP contribution in [0.25, 0.3) is 0 Å². The Morgan fingerprint density at radius 2 is 2.23 bits per heavy atom. The molecule has 22 heavy (non-hydrogen) atoms. The first-order valence-corrected chi connectivity index (χ1v) is 8.21. The van der Waals surface area contributed by atoms with Gasteiger partial charge in [-0.1, -0.05) is 20.8 Å². The van der Waals surface area contributed by atoms with Crippen molar-refractivity contribution in [3.05, 3.63) is 30.1 Å². The van der Waals surface area contributed by atoms with Gasteiger partial charge >= 0.3 is 0 Å². The van der Waals surface area contributed by atoms with Gasteiger partial charge in [0.25, 0.3) is 5.91 Å². The molecular formula is C18H26N2O2. The minimum atomic E-state index is -0.703. The molecule has 2 bridgehead atoms. The van der Waals surface area contributed by atoms with Gasteiger partial charge in [0.1, 0.15) is 0 Å². The third kappa shape index (κ3) is 2.08. The molecule has 2 saturated carbocycles. The highest BCUT2D eigenvalue weighted by molar-refractivity contribution is 5.93. The van der Waals surface area contributed by atoms with E-state index in [2.05, 4.69) is 31.1 Å². The molecule has 0 radical (unpaired) electrons. The third-order valence-corrected chi connectivity index (χ3v) is 6.52. The second-order valence-corrected chi connectivity index (χ2v) is 7.83. The molecular weight excluding hydrogens is 276 g/mol. The van der Waals surface area contributed by atoms with E-state index < -0.39 is 5.60 Å². The van der Waals surface area contributed by atoms with Gasteiger partial charge in [-0.15, -0.1) is 0 Å². The van der Waals surface area contributed by atoms with E-state index in [9.17, 15) is 9.90 Å². The zero-order chi connectivity index (χ0) is 16.0. The minimum Gasteiger partial charge on any atom is -0.389 e. The Morgan fingerprint density at radius 1 is 1.45 bits per heavy atom. The van der Waals surface area contributed by atoms with Gasteiger partial charge in [-0.05, 0) is 54.6 Å². The average Bonchev–Trinajstić information content (AvgIpc) is 2.96. The molecule has 3 rings (SSSR count). The van der Waals surface area contributed by atoms with Crippen LogP contribution in [0.4, 0.5) is 0 Å². The van der Waals surface area contributed by atoms with Gasteiger partial charge in [0.2, 0.25) is 0 Å². The lowest BCUT2D eigenvalue weighted by Crippen LogP contribution is -2.55. The third-order valence-electron chi connectivity index (χ3n) is 6.52. The molecule has 0 unspecified atom stereocenters. The zero-order valence-corrected chi connectivity index (χ0v) is 13.7. The van der Waals surface area contributed by atoms with Gasteiger partial charge in [-0.2, -0.15) is 0 Å². The Kier molecular flexibility index (Phi) is 3.55. The summed E-state index contributed by atoms with van der Waals surface area (Å²) >= 11 is 0. The smallest absolute Gasteiger partial charge is 0.252 e. The Labute approximate surface area is 132 Å². The van der Waals surface area contributed by atoms with Crippen LogP contribution in [-0.2, 0) is 0 Å². The topological polar surface area (TPSA) is 62.2 Å². The van der Waals surface area contributed by atoms with Crippen molar-refractivity contribution in [2.45, 2.75) is 52.1 Å². The van der Waals surface area contributed by atoms with Gasteiger partial charge in [0, 0.05) is 18.9 Å². The number of aliphatic hydroxyl groups is 1. The van der Waals surface area contributed by atoms with Gasteiger partial charge in [-0.3, -0.25) is 9.78 Å². The van der Waals surface area contributed by atoms with Crippen molar-refractivity contribution >= 4 is 5.91 Å². The molecule has 2 aliphatic rings. The van der Waals surface area contributed by atoms with Crippen LogP contribution in [0.2, 0.25) is 0 Å². The summed E-state index contributed by atoms with van der Waals surface area (Å²) in [5, 5.41) is 14.3. The van der Waals surface area contributed by atoms with E-state index in [0.29, 0.717) is 24.4 Å². The van der Waals surface area contributed by atoms with Crippen molar-refractivity contribution in [2.24, 2.45) is 16.7 Å². The van der Waals surface area contributed by atoms with E-state index in [1.807, 2.05) is 0 Å². The maximum absolute atomic E-state index is 12.1. The van der Waals surface area contributed by atoms with E-state index in [0.717, 1.165) is 12.8 Å². The van der Waals surface area contributed by atoms with E-state index in [1.165, 1.54) is 6.42 Å². The number of pyridine rings is 1. The van der Waals surface area contributed by atoms with Gasteiger partial charge in [0.15, 0.2) is 0 Å². The Morgan fingerprint density at radius 3 is 2.82 bits per heavy atom. The number of nitrogens with one attached hydrogen (secondary N) is 1. The quantitative estimate of drug-likeness (QED) is 0.899. The number of carbonyl (C=O) groups excluding carboxylic acids is 1. The molecule has 4 nitrogen and oxygen atoms in total. The fourth-order valence-corrected chi connectivity index (χ4v) is 4.93. The second-order valence-electron chi connectivity index (χ2n) is 7.83. The minimum absolute atomic E-state index is 0.0137. The summed E-state index contributed by atoms with van der Waals surface area (Å²) < 4.78 is 0. The number of rotatable bonds is 4. The number of nitrogens with zero attached hydrogens (tertiary/aromatic N) is 1. The molecule has 1 amide bonds. The normalized spacial score (nSPS) is 35.5. The first-order chi connectivity index (χ1) is 10.3. The van der Waals surface area contributed by atoms with Crippen molar-refractivity contribution in [1.82, 2.24) is 10.3 Å². The van der Waals surface area contributed by atoms with Crippen LogP contribution < -0.4 is 5.32 Å². The predicted molar refractivity (Wildman–Crippen MR) is 85.4 cm³/mol. The number of carbonyl (C=O) groups is 1. The summed E-state index contributed by atoms with van der Waals surface area (Å²) in [6.45, 7) is 7.08. The van der Waals surface area contributed by atoms with Crippen LogP contribution in [0.5, 0.6) is 0 Å².